The number of nitro groups is 1. The lowest BCUT2D eigenvalue weighted by Crippen LogP contribution is -2.46. The molecule has 0 aromatic heterocycles. The smallest absolute Gasteiger partial charge is 0.310 e. The molecule has 0 saturated carbocycles. The van der Waals surface area contributed by atoms with Crippen molar-refractivity contribution in [2.24, 2.45) is 0 Å². The van der Waals surface area contributed by atoms with Gasteiger partial charge in [0.2, 0.25) is 0 Å². The number of piperidine rings is 1. The molecule has 0 aliphatic carbocycles. The molecule has 0 amide bonds. The number of nitrogens with one attached hydrogen (secondary N) is 1. The molecule has 1 aliphatic rings. The van der Waals surface area contributed by atoms with Crippen LogP contribution in [-0.4, -0.2) is 30.6 Å². The van der Waals surface area contributed by atoms with Crippen LogP contribution in [0.1, 0.15) is 19.8 Å². The molecule has 1 aliphatic heterocycles. The van der Waals surface area contributed by atoms with Gasteiger partial charge in [0, 0.05) is 19.1 Å². The first kappa shape index (κ1) is 14.1. The van der Waals surface area contributed by atoms with E-state index < -0.39 is 4.92 Å². The first-order valence-electron chi connectivity index (χ1n) is 6.55. The van der Waals surface area contributed by atoms with Gasteiger partial charge in [0.1, 0.15) is 10.7 Å². The van der Waals surface area contributed by atoms with Gasteiger partial charge in [0.05, 0.1) is 4.92 Å². The van der Waals surface area contributed by atoms with Gasteiger partial charge >= 0.3 is 5.69 Å². The second kappa shape index (κ2) is 6.21. The van der Waals surface area contributed by atoms with Crippen LogP contribution >= 0.6 is 11.6 Å². The van der Waals surface area contributed by atoms with E-state index in [1.54, 1.807) is 18.2 Å². The molecule has 0 radical (unpaired) electrons. The molecule has 19 heavy (non-hydrogen) atoms. The molecule has 1 aromatic rings. The molecule has 1 saturated heterocycles. The first-order valence-corrected chi connectivity index (χ1v) is 6.93. The number of benzene rings is 1. The van der Waals surface area contributed by atoms with E-state index in [0.29, 0.717) is 5.69 Å². The van der Waals surface area contributed by atoms with Crippen LogP contribution < -0.4 is 10.2 Å². The third-order valence-corrected chi connectivity index (χ3v) is 3.81. The Bertz CT molecular complexity index is 461. The van der Waals surface area contributed by atoms with Crippen molar-refractivity contribution in [2.45, 2.75) is 25.8 Å². The zero-order valence-electron chi connectivity index (χ0n) is 10.9. The number of likely N-dealkylation sites (N-methyl/N-ethyl adjacent to an activating group) is 1. The third-order valence-electron chi connectivity index (χ3n) is 3.51. The Hall–Kier alpha value is -1.33. The van der Waals surface area contributed by atoms with Gasteiger partial charge in [-0.2, -0.15) is 0 Å². The minimum Gasteiger partial charge on any atom is -0.362 e. The number of nitrogens with zero attached hydrogens (tertiary/aromatic N) is 2. The van der Waals surface area contributed by atoms with E-state index in [1.165, 1.54) is 0 Å². The molecule has 5 nitrogen and oxygen atoms in total. The molecule has 1 aromatic carbocycles. The Morgan fingerprint density at radius 1 is 1.58 bits per heavy atom. The zero-order chi connectivity index (χ0) is 13.8. The fourth-order valence-electron chi connectivity index (χ4n) is 2.64. The quantitative estimate of drug-likeness (QED) is 0.682. The van der Waals surface area contributed by atoms with Crippen LogP contribution in [0.2, 0.25) is 5.02 Å². The Labute approximate surface area is 117 Å². The molecule has 0 spiro atoms. The molecular weight excluding hydrogens is 266 g/mol. The maximum Gasteiger partial charge on any atom is 0.310 e. The Balaban J connectivity index is 2.37. The monoisotopic (exact) mass is 283 g/mol. The molecule has 1 heterocycles. The number of halogens is 1. The Morgan fingerprint density at radius 3 is 2.95 bits per heavy atom. The minimum atomic E-state index is -0.392. The van der Waals surface area contributed by atoms with Crippen molar-refractivity contribution in [2.75, 3.05) is 24.5 Å². The van der Waals surface area contributed by atoms with Crippen LogP contribution in [0.3, 0.4) is 0 Å². The lowest BCUT2D eigenvalue weighted by molar-refractivity contribution is -0.384. The normalized spacial score (nSPS) is 19.2. The highest BCUT2D eigenvalue weighted by Crippen LogP contribution is 2.36. The fourth-order valence-corrected chi connectivity index (χ4v) is 2.88. The summed E-state index contributed by atoms with van der Waals surface area (Å²) in [5.74, 6) is 0. The van der Waals surface area contributed by atoms with Gasteiger partial charge < -0.3 is 10.2 Å². The molecular formula is C13H18ClN3O2. The van der Waals surface area contributed by atoms with Gasteiger partial charge in [-0.05, 0) is 38.4 Å². The molecule has 1 unspecified atom stereocenters. The second-order valence-electron chi connectivity index (χ2n) is 4.65. The van der Waals surface area contributed by atoms with Crippen molar-refractivity contribution >= 4 is 23.0 Å². The predicted octanol–water partition coefficient (Wildman–Crippen LogP) is 2.83. The Morgan fingerprint density at radius 2 is 2.37 bits per heavy atom. The molecule has 1 fully saturated rings. The average molecular weight is 284 g/mol. The second-order valence-corrected chi connectivity index (χ2v) is 5.06. The van der Waals surface area contributed by atoms with Gasteiger partial charge in [0.15, 0.2) is 0 Å². The van der Waals surface area contributed by atoms with Crippen molar-refractivity contribution in [1.29, 1.82) is 0 Å². The van der Waals surface area contributed by atoms with Crippen molar-refractivity contribution in [3.63, 3.8) is 0 Å². The van der Waals surface area contributed by atoms with Gasteiger partial charge in [-0.25, -0.2) is 0 Å². The summed E-state index contributed by atoms with van der Waals surface area (Å²) in [6, 6.07) is 5.40. The van der Waals surface area contributed by atoms with E-state index in [-0.39, 0.29) is 16.8 Å². The van der Waals surface area contributed by atoms with Crippen molar-refractivity contribution in [3.8, 4) is 0 Å². The van der Waals surface area contributed by atoms with Gasteiger partial charge in [0.25, 0.3) is 0 Å². The summed E-state index contributed by atoms with van der Waals surface area (Å²) in [5.41, 5.74) is 0.630. The number of hydrogen-bond acceptors (Lipinski definition) is 4. The standard InChI is InChI=1S/C13H18ClN3O2/c1-2-16(10-5-4-8-15-9-10)12-7-3-6-11(14)13(12)17(18)19/h3,6-7,10,15H,2,4-5,8-9H2,1H3. The topological polar surface area (TPSA) is 58.4 Å². The summed E-state index contributed by atoms with van der Waals surface area (Å²) >= 11 is 5.98. The van der Waals surface area contributed by atoms with Crippen LogP contribution in [0.4, 0.5) is 11.4 Å². The summed E-state index contributed by atoms with van der Waals surface area (Å²) < 4.78 is 0. The third kappa shape index (κ3) is 2.98. The van der Waals surface area contributed by atoms with Gasteiger partial charge in [-0.15, -0.1) is 0 Å². The highest BCUT2D eigenvalue weighted by Gasteiger charge is 2.27. The van der Waals surface area contributed by atoms with E-state index in [9.17, 15) is 10.1 Å². The van der Waals surface area contributed by atoms with E-state index in [2.05, 4.69) is 10.2 Å². The molecule has 1 N–H and O–H groups in total. The van der Waals surface area contributed by atoms with E-state index in [4.69, 9.17) is 11.6 Å². The van der Waals surface area contributed by atoms with Gasteiger partial charge in [-0.3, -0.25) is 10.1 Å². The lowest BCUT2D eigenvalue weighted by atomic mass is 10.0. The van der Waals surface area contributed by atoms with E-state index in [0.717, 1.165) is 32.5 Å². The number of rotatable bonds is 4. The van der Waals surface area contributed by atoms with Gasteiger partial charge in [-0.1, -0.05) is 17.7 Å². The first-order chi connectivity index (χ1) is 9.15. The van der Waals surface area contributed by atoms with Crippen molar-refractivity contribution in [3.05, 3.63) is 33.3 Å². The summed E-state index contributed by atoms with van der Waals surface area (Å²) in [4.78, 5) is 12.9. The van der Waals surface area contributed by atoms with E-state index >= 15 is 0 Å². The lowest BCUT2D eigenvalue weighted by Gasteiger charge is -2.35. The molecule has 0 bridgehead atoms. The largest absolute Gasteiger partial charge is 0.362 e. The maximum absolute atomic E-state index is 11.2. The predicted molar refractivity (Wildman–Crippen MR) is 77.0 cm³/mol. The highest BCUT2D eigenvalue weighted by atomic mass is 35.5. The number of nitro benzene ring substituents is 1. The summed E-state index contributed by atoms with van der Waals surface area (Å²) in [6.07, 6.45) is 2.14. The zero-order valence-corrected chi connectivity index (χ0v) is 11.7. The van der Waals surface area contributed by atoms with Crippen molar-refractivity contribution < 1.29 is 4.92 Å². The molecule has 104 valence electrons. The number of hydrogen-bond donors (Lipinski definition) is 1. The number of para-hydroxylation sites is 1. The highest BCUT2D eigenvalue weighted by molar-refractivity contribution is 6.33. The molecule has 6 heteroatoms. The minimum absolute atomic E-state index is 0.0107. The van der Waals surface area contributed by atoms with Crippen molar-refractivity contribution in [1.82, 2.24) is 5.32 Å². The average Bonchev–Trinajstić information content (AvgIpc) is 2.40. The Kier molecular flexibility index (Phi) is 4.61. The molecule has 2 rings (SSSR count). The van der Waals surface area contributed by atoms with E-state index in [1.807, 2.05) is 6.92 Å². The summed E-state index contributed by atoms with van der Waals surface area (Å²) in [7, 11) is 0. The number of anilines is 1. The van der Waals surface area contributed by atoms with Crippen LogP contribution in [-0.2, 0) is 0 Å². The maximum atomic E-state index is 11.2. The van der Waals surface area contributed by atoms with Crippen LogP contribution in [0, 0.1) is 10.1 Å². The molecule has 1 atom stereocenters. The van der Waals surface area contributed by atoms with Crippen LogP contribution in [0.5, 0.6) is 0 Å². The summed E-state index contributed by atoms with van der Waals surface area (Å²) in [5, 5.41) is 14.8. The summed E-state index contributed by atoms with van der Waals surface area (Å²) in [6.45, 7) is 4.62. The fraction of sp³-hybridized carbons (Fsp3) is 0.538. The SMILES string of the molecule is CCN(c1cccc(Cl)c1[N+](=O)[O-])C1CCCNC1. The van der Waals surface area contributed by atoms with Crippen LogP contribution in [0.25, 0.3) is 0 Å². The van der Waals surface area contributed by atoms with Crippen LogP contribution in [0.15, 0.2) is 18.2 Å².